The van der Waals surface area contributed by atoms with Crippen molar-refractivity contribution in [3.8, 4) is 0 Å². The lowest BCUT2D eigenvalue weighted by Crippen LogP contribution is -2.24. The van der Waals surface area contributed by atoms with E-state index < -0.39 is 0 Å². The highest BCUT2D eigenvalue weighted by Gasteiger charge is 2.18. The van der Waals surface area contributed by atoms with Crippen molar-refractivity contribution in [2.24, 2.45) is 0 Å². The third kappa shape index (κ3) is 5.16. The van der Waals surface area contributed by atoms with Crippen LogP contribution in [0, 0.1) is 0 Å². The molecule has 0 unspecified atom stereocenters. The van der Waals surface area contributed by atoms with Crippen LogP contribution in [-0.4, -0.2) is 34.7 Å². The van der Waals surface area contributed by atoms with Crippen molar-refractivity contribution < 1.29 is 4.79 Å². The Morgan fingerprint density at radius 3 is 2.38 bits per heavy atom. The first-order valence-electron chi connectivity index (χ1n) is 11.1. The summed E-state index contributed by atoms with van der Waals surface area (Å²) in [6, 6.07) is 16.5. The van der Waals surface area contributed by atoms with Crippen molar-refractivity contribution in [1.82, 2.24) is 9.30 Å². The Bertz CT molecular complexity index is 920. The SMILES string of the molecule is CCCCc1cc2ccccn2c1C(=O)c1ccc(CCCN(CC)CC)cc1. The first kappa shape index (κ1) is 21.3. The minimum Gasteiger partial charge on any atom is -0.313 e. The predicted octanol–water partition coefficient (Wildman–Crippen LogP) is 5.79. The standard InChI is InChI=1S/C26H34N2O/c1-4-7-12-23-20-24-13-8-9-19-28(24)25(23)26(29)22-16-14-21(15-17-22)11-10-18-27(5-2)6-3/h8-9,13-17,19-20H,4-7,10-12,18H2,1-3H3. The van der Waals surface area contributed by atoms with Gasteiger partial charge in [0.25, 0.3) is 0 Å². The highest BCUT2D eigenvalue weighted by atomic mass is 16.1. The summed E-state index contributed by atoms with van der Waals surface area (Å²) in [6.45, 7) is 9.96. The maximum Gasteiger partial charge on any atom is 0.210 e. The molecule has 0 saturated heterocycles. The Labute approximate surface area is 175 Å². The van der Waals surface area contributed by atoms with Crippen LogP contribution < -0.4 is 0 Å². The molecule has 3 heteroatoms. The zero-order valence-electron chi connectivity index (χ0n) is 18.2. The molecule has 0 saturated carbocycles. The predicted molar refractivity (Wildman–Crippen MR) is 122 cm³/mol. The molecule has 0 spiro atoms. The van der Waals surface area contributed by atoms with Gasteiger partial charge in [-0.2, -0.15) is 0 Å². The van der Waals surface area contributed by atoms with Crippen molar-refractivity contribution in [3.05, 3.63) is 77.1 Å². The van der Waals surface area contributed by atoms with E-state index in [1.165, 1.54) is 5.56 Å². The molecule has 0 atom stereocenters. The van der Waals surface area contributed by atoms with E-state index in [0.717, 1.165) is 74.1 Å². The van der Waals surface area contributed by atoms with E-state index in [-0.39, 0.29) is 5.78 Å². The zero-order valence-corrected chi connectivity index (χ0v) is 18.2. The van der Waals surface area contributed by atoms with E-state index in [9.17, 15) is 4.79 Å². The van der Waals surface area contributed by atoms with Crippen LogP contribution in [0.2, 0.25) is 0 Å². The van der Waals surface area contributed by atoms with Gasteiger partial charge in [-0.25, -0.2) is 0 Å². The molecule has 0 aliphatic heterocycles. The average Bonchev–Trinajstić information content (AvgIpc) is 3.13. The van der Waals surface area contributed by atoms with Gasteiger partial charge in [0.1, 0.15) is 0 Å². The van der Waals surface area contributed by atoms with E-state index in [2.05, 4.69) is 49.9 Å². The number of carbonyl (C=O) groups excluding carboxylic acids is 1. The maximum absolute atomic E-state index is 13.4. The number of benzene rings is 1. The number of pyridine rings is 1. The fraction of sp³-hybridized carbons (Fsp3) is 0.423. The maximum atomic E-state index is 13.4. The van der Waals surface area contributed by atoms with Gasteiger partial charge in [0.15, 0.2) is 0 Å². The van der Waals surface area contributed by atoms with Gasteiger partial charge in [-0.1, -0.05) is 57.5 Å². The van der Waals surface area contributed by atoms with Crippen LogP contribution >= 0.6 is 0 Å². The summed E-state index contributed by atoms with van der Waals surface area (Å²) in [5.41, 5.74) is 5.16. The number of hydrogen-bond donors (Lipinski definition) is 0. The van der Waals surface area contributed by atoms with E-state index >= 15 is 0 Å². The Balaban J connectivity index is 1.76. The van der Waals surface area contributed by atoms with Gasteiger partial charge >= 0.3 is 0 Å². The quantitative estimate of drug-likeness (QED) is 0.387. The minimum absolute atomic E-state index is 0.122. The van der Waals surface area contributed by atoms with Gasteiger partial charge in [0, 0.05) is 17.3 Å². The number of aryl methyl sites for hydroxylation is 2. The van der Waals surface area contributed by atoms with Crippen molar-refractivity contribution >= 4 is 11.3 Å². The molecule has 3 nitrogen and oxygen atoms in total. The number of unbranched alkanes of at least 4 members (excludes halogenated alkanes) is 1. The fourth-order valence-electron chi connectivity index (χ4n) is 4.00. The molecular formula is C26H34N2O. The van der Waals surface area contributed by atoms with E-state index in [4.69, 9.17) is 0 Å². The second kappa shape index (κ2) is 10.4. The van der Waals surface area contributed by atoms with Crippen LogP contribution in [0.15, 0.2) is 54.7 Å². The summed E-state index contributed by atoms with van der Waals surface area (Å²) < 4.78 is 2.05. The van der Waals surface area contributed by atoms with Gasteiger partial charge < -0.3 is 9.30 Å². The molecule has 0 N–H and O–H groups in total. The number of nitrogens with zero attached hydrogens (tertiary/aromatic N) is 2. The molecule has 3 aromatic rings. The van der Waals surface area contributed by atoms with Crippen LogP contribution in [0.25, 0.3) is 5.52 Å². The lowest BCUT2D eigenvalue weighted by atomic mass is 10.00. The second-order valence-corrected chi connectivity index (χ2v) is 7.77. The number of ketones is 1. The van der Waals surface area contributed by atoms with Gasteiger partial charge in [0.05, 0.1) is 5.69 Å². The summed E-state index contributed by atoms with van der Waals surface area (Å²) in [5.74, 6) is 0.122. The third-order valence-electron chi connectivity index (χ3n) is 5.82. The highest BCUT2D eigenvalue weighted by Crippen LogP contribution is 2.22. The normalized spacial score (nSPS) is 11.4. The van der Waals surface area contributed by atoms with E-state index in [1.54, 1.807) is 0 Å². The van der Waals surface area contributed by atoms with Gasteiger partial charge in [-0.05, 0) is 74.6 Å². The van der Waals surface area contributed by atoms with Crippen LogP contribution in [-0.2, 0) is 12.8 Å². The Morgan fingerprint density at radius 1 is 0.931 bits per heavy atom. The largest absolute Gasteiger partial charge is 0.313 e. The average molecular weight is 391 g/mol. The summed E-state index contributed by atoms with van der Waals surface area (Å²) in [5, 5.41) is 0. The fourth-order valence-corrected chi connectivity index (χ4v) is 4.00. The van der Waals surface area contributed by atoms with Crippen molar-refractivity contribution in [1.29, 1.82) is 0 Å². The number of carbonyl (C=O) groups is 1. The molecule has 3 rings (SSSR count). The molecule has 0 aliphatic carbocycles. The molecule has 1 aromatic carbocycles. The summed E-state index contributed by atoms with van der Waals surface area (Å²) in [6.07, 6.45) is 7.38. The van der Waals surface area contributed by atoms with Crippen molar-refractivity contribution in [2.75, 3.05) is 19.6 Å². The van der Waals surface area contributed by atoms with E-state index in [0.29, 0.717) is 0 Å². The number of fused-ring (bicyclic) bond motifs is 1. The number of rotatable bonds is 11. The van der Waals surface area contributed by atoms with Crippen LogP contribution in [0.3, 0.4) is 0 Å². The van der Waals surface area contributed by atoms with Crippen molar-refractivity contribution in [3.63, 3.8) is 0 Å². The minimum atomic E-state index is 0.122. The molecule has 154 valence electrons. The molecule has 0 fully saturated rings. The zero-order chi connectivity index (χ0) is 20.6. The van der Waals surface area contributed by atoms with Gasteiger partial charge in [-0.3, -0.25) is 4.79 Å². The molecule has 2 heterocycles. The van der Waals surface area contributed by atoms with Crippen LogP contribution in [0.1, 0.15) is 67.2 Å². The molecule has 0 amide bonds. The first-order valence-corrected chi connectivity index (χ1v) is 11.1. The number of hydrogen-bond acceptors (Lipinski definition) is 2. The Morgan fingerprint density at radius 2 is 1.69 bits per heavy atom. The molecule has 2 aromatic heterocycles. The highest BCUT2D eigenvalue weighted by molar-refractivity contribution is 6.09. The Hall–Kier alpha value is -2.39. The summed E-state index contributed by atoms with van der Waals surface area (Å²) >= 11 is 0. The van der Waals surface area contributed by atoms with Gasteiger partial charge in [-0.15, -0.1) is 0 Å². The topological polar surface area (TPSA) is 24.7 Å². The van der Waals surface area contributed by atoms with Gasteiger partial charge in [0.2, 0.25) is 5.78 Å². The molecule has 0 radical (unpaired) electrons. The van der Waals surface area contributed by atoms with Crippen LogP contribution in [0.4, 0.5) is 0 Å². The van der Waals surface area contributed by atoms with Crippen LogP contribution in [0.5, 0.6) is 0 Å². The lowest BCUT2D eigenvalue weighted by molar-refractivity contribution is 0.103. The lowest BCUT2D eigenvalue weighted by Gasteiger charge is -2.17. The molecule has 29 heavy (non-hydrogen) atoms. The second-order valence-electron chi connectivity index (χ2n) is 7.77. The molecule has 0 bridgehead atoms. The third-order valence-corrected chi connectivity index (χ3v) is 5.82. The summed E-state index contributed by atoms with van der Waals surface area (Å²) in [7, 11) is 0. The molecular weight excluding hydrogens is 356 g/mol. The number of aromatic nitrogens is 1. The van der Waals surface area contributed by atoms with Crippen molar-refractivity contribution in [2.45, 2.75) is 52.9 Å². The van der Waals surface area contributed by atoms with E-state index in [1.807, 2.05) is 34.9 Å². The Kier molecular flexibility index (Phi) is 7.65. The first-order chi connectivity index (χ1) is 14.2. The monoisotopic (exact) mass is 390 g/mol. The smallest absolute Gasteiger partial charge is 0.210 e. The molecule has 0 aliphatic rings. The summed E-state index contributed by atoms with van der Waals surface area (Å²) in [4.78, 5) is 15.8.